The number of rotatable bonds is 8. The molecular formula is C23H21ClFNO3. The number of nitrogens with one attached hydrogen (secondary N) is 1. The summed E-state index contributed by atoms with van der Waals surface area (Å²) in [4.78, 5) is 11.7. The highest BCUT2D eigenvalue weighted by Gasteiger charge is 2.06. The van der Waals surface area contributed by atoms with Crippen molar-refractivity contribution in [2.45, 2.75) is 20.1 Å². The summed E-state index contributed by atoms with van der Waals surface area (Å²) >= 11 is 6.01. The maximum atomic E-state index is 13.1. The topological polar surface area (TPSA) is 47.6 Å². The molecule has 6 heteroatoms. The Morgan fingerprint density at radius 2 is 1.76 bits per heavy atom. The molecule has 0 fully saturated rings. The molecule has 3 aromatic rings. The zero-order chi connectivity index (χ0) is 20.6. The molecule has 0 saturated heterocycles. The van der Waals surface area contributed by atoms with Crippen molar-refractivity contribution < 1.29 is 18.7 Å². The zero-order valence-corrected chi connectivity index (χ0v) is 16.7. The zero-order valence-electron chi connectivity index (χ0n) is 16.0. The quantitative estimate of drug-likeness (QED) is 0.471. The van der Waals surface area contributed by atoms with E-state index in [1.165, 1.54) is 12.1 Å². The van der Waals surface area contributed by atoms with Gasteiger partial charge < -0.3 is 14.8 Å². The van der Waals surface area contributed by atoms with Gasteiger partial charge in [-0.05, 0) is 61.0 Å². The van der Waals surface area contributed by atoms with Crippen LogP contribution in [0.5, 0.6) is 5.75 Å². The first kappa shape index (κ1) is 20.7. The molecule has 0 aliphatic rings. The highest BCUT2D eigenvalue weighted by Crippen LogP contribution is 2.21. The van der Waals surface area contributed by atoms with Crippen LogP contribution in [-0.4, -0.2) is 12.6 Å². The Morgan fingerprint density at radius 3 is 2.41 bits per heavy atom. The summed E-state index contributed by atoms with van der Waals surface area (Å²) in [5, 5.41) is 3.65. The summed E-state index contributed by atoms with van der Waals surface area (Å²) in [5.74, 6) is 0.00984. The summed E-state index contributed by atoms with van der Waals surface area (Å²) in [7, 11) is 0. The van der Waals surface area contributed by atoms with Crippen molar-refractivity contribution >= 4 is 23.3 Å². The first-order valence-corrected chi connectivity index (χ1v) is 9.59. The Morgan fingerprint density at radius 1 is 1.03 bits per heavy atom. The van der Waals surface area contributed by atoms with E-state index >= 15 is 0 Å². The minimum Gasteiger partial charge on any atom is -0.489 e. The van der Waals surface area contributed by atoms with E-state index in [-0.39, 0.29) is 18.4 Å². The minimum absolute atomic E-state index is 0.267. The summed E-state index contributed by atoms with van der Waals surface area (Å²) in [6, 6.07) is 19.1. The van der Waals surface area contributed by atoms with Crippen LogP contribution < -0.4 is 10.1 Å². The Balaban J connectivity index is 1.50. The second-order valence-corrected chi connectivity index (χ2v) is 6.73. The molecule has 0 heterocycles. The van der Waals surface area contributed by atoms with E-state index in [0.29, 0.717) is 29.5 Å². The largest absolute Gasteiger partial charge is 0.489 e. The number of hydrogen-bond donors (Lipinski definition) is 1. The molecule has 0 bridgehead atoms. The number of ether oxygens (including phenoxy) is 2. The summed E-state index contributed by atoms with van der Waals surface area (Å²) < 4.78 is 23.8. The SMILES string of the molecule is CCOC(=O)c1ccc(NCc2ccc(OCc3ccc(F)cc3Cl)cc2)cc1. The number of hydrogen-bond acceptors (Lipinski definition) is 4. The fourth-order valence-electron chi connectivity index (χ4n) is 2.65. The van der Waals surface area contributed by atoms with Crippen molar-refractivity contribution in [2.75, 3.05) is 11.9 Å². The number of benzene rings is 3. The van der Waals surface area contributed by atoms with Gasteiger partial charge in [-0.2, -0.15) is 0 Å². The van der Waals surface area contributed by atoms with Crippen molar-refractivity contribution in [3.63, 3.8) is 0 Å². The highest BCUT2D eigenvalue weighted by atomic mass is 35.5. The fourth-order valence-corrected chi connectivity index (χ4v) is 2.87. The molecule has 0 aromatic heterocycles. The standard InChI is InChI=1S/C23H21ClFNO3/c1-2-28-23(27)17-6-9-20(10-7-17)26-14-16-3-11-21(12-4-16)29-15-18-5-8-19(25)13-22(18)24/h3-13,26H,2,14-15H2,1H3. The molecule has 0 saturated carbocycles. The maximum Gasteiger partial charge on any atom is 0.338 e. The average molecular weight is 414 g/mol. The lowest BCUT2D eigenvalue weighted by atomic mass is 10.2. The molecular weight excluding hydrogens is 393 g/mol. The monoisotopic (exact) mass is 413 g/mol. The fraction of sp³-hybridized carbons (Fsp3) is 0.174. The van der Waals surface area contributed by atoms with Crippen molar-refractivity contribution in [1.29, 1.82) is 0 Å². The van der Waals surface area contributed by atoms with Crippen LogP contribution in [-0.2, 0) is 17.9 Å². The highest BCUT2D eigenvalue weighted by molar-refractivity contribution is 6.31. The predicted octanol–water partition coefficient (Wildman–Crippen LogP) is 5.85. The first-order chi connectivity index (χ1) is 14.0. The molecule has 0 amide bonds. The molecule has 0 atom stereocenters. The lowest BCUT2D eigenvalue weighted by Crippen LogP contribution is -2.05. The van der Waals surface area contributed by atoms with Crippen LogP contribution in [0.15, 0.2) is 66.7 Å². The molecule has 0 radical (unpaired) electrons. The van der Waals surface area contributed by atoms with Crippen molar-refractivity contribution in [3.05, 3.63) is 94.3 Å². The molecule has 0 aliphatic heterocycles. The van der Waals surface area contributed by atoms with Crippen LogP contribution in [0.1, 0.15) is 28.4 Å². The normalized spacial score (nSPS) is 10.4. The van der Waals surface area contributed by atoms with Crippen molar-refractivity contribution in [2.24, 2.45) is 0 Å². The Labute approximate surface area is 174 Å². The van der Waals surface area contributed by atoms with Gasteiger partial charge in [0.2, 0.25) is 0 Å². The molecule has 4 nitrogen and oxygen atoms in total. The van der Waals surface area contributed by atoms with E-state index in [1.54, 1.807) is 25.1 Å². The van der Waals surface area contributed by atoms with Crippen molar-refractivity contribution in [3.8, 4) is 5.75 Å². The molecule has 0 unspecified atom stereocenters. The summed E-state index contributed by atoms with van der Waals surface area (Å²) in [6.45, 7) is 3.03. The number of anilines is 1. The van der Waals surface area contributed by atoms with Gasteiger partial charge in [0.05, 0.1) is 17.2 Å². The van der Waals surface area contributed by atoms with Crippen LogP contribution in [0.2, 0.25) is 5.02 Å². The van der Waals surface area contributed by atoms with E-state index in [9.17, 15) is 9.18 Å². The van der Waals surface area contributed by atoms with Crippen LogP contribution in [0.3, 0.4) is 0 Å². The van der Waals surface area contributed by atoms with E-state index in [0.717, 1.165) is 16.8 Å². The van der Waals surface area contributed by atoms with E-state index in [4.69, 9.17) is 21.1 Å². The molecule has 150 valence electrons. The van der Waals surface area contributed by atoms with Gasteiger partial charge in [0.1, 0.15) is 18.2 Å². The summed E-state index contributed by atoms with van der Waals surface area (Å²) in [6.07, 6.45) is 0. The predicted molar refractivity (Wildman–Crippen MR) is 112 cm³/mol. The first-order valence-electron chi connectivity index (χ1n) is 9.22. The summed E-state index contributed by atoms with van der Waals surface area (Å²) in [5.41, 5.74) is 3.24. The van der Waals surface area contributed by atoms with Gasteiger partial charge in [-0.3, -0.25) is 0 Å². The van der Waals surface area contributed by atoms with Crippen LogP contribution in [0, 0.1) is 5.82 Å². The van der Waals surface area contributed by atoms with Gasteiger partial charge in [-0.25, -0.2) is 9.18 Å². The Kier molecular flexibility index (Phi) is 7.09. The second kappa shape index (κ2) is 9.94. The molecule has 3 rings (SSSR count). The molecule has 0 aliphatic carbocycles. The Bertz CT molecular complexity index is 959. The maximum absolute atomic E-state index is 13.1. The van der Waals surface area contributed by atoms with Crippen LogP contribution in [0.25, 0.3) is 0 Å². The molecule has 1 N–H and O–H groups in total. The third kappa shape index (κ3) is 5.96. The van der Waals surface area contributed by atoms with Gasteiger partial charge in [-0.15, -0.1) is 0 Å². The number of halogens is 2. The third-order valence-corrected chi connectivity index (χ3v) is 4.58. The van der Waals surface area contributed by atoms with E-state index in [1.807, 2.05) is 36.4 Å². The number of carbonyl (C=O) groups excluding carboxylic acids is 1. The molecule has 0 spiro atoms. The van der Waals surface area contributed by atoms with Gasteiger partial charge in [0.15, 0.2) is 0 Å². The van der Waals surface area contributed by atoms with Crippen LogP contribution in [0.4, 0.5) is 10.1 Å². The number of esters is 1. The Hall–Kier alpha value is -3.05. The number of carbonyl (C=O) groups is 1. The van der Waals surface area contributed by atoms with E-state index < -0.39 is 0 Å². The smallest absolute Gasteiger partial charge is 0.338 e. The van der Waals surface area contributed by atoms with Crippen molar-refractivity contribution in [1.82, 2.24) is 0 Å². The lowest BCUT2D eigenvalue weighted by Gasteiger charge is -2.10. The van der Waals surface area contributed by atoms with Gasteiger partial charge in [0.25, 0.3) is 0 Å². The third-order valence-electron chi connectivity index (χ3n) is 4.23. The van der Waals surface area contributed by atoms with Gasteiger partial charge in [0, 0.05) is 17.8 Å². The van der Waals surface area contributed by atoms with Crippen LogP contribution >= 0.6 is 11.6 Å². The average Bonchev–Trinajstić information content (AvgIpc) is 2.73. The van der Waals surface area contributed by atoms with Gasteiger partial charge in [-0.1, -0.05) is 29.8 Å². The minimum atomic E-state index is -0.369. The lowest BCUT2D eigenvalue weighted by molar-refractivity contribution is 0.0526. The molecule has 3 aromatic carbocycles. The second-order valence-electron chi connectivity index (χ2n) is 6.32. The van der Waals surface area contributed by atoms with E-state index in [2.05, 4.69) is 5.32 Å². The van der Waals surface area contributed by atoms with Gasteiger partial charge >= 0.3 is 5.97 Å². The molecule has 29 heavy (non-hydrogen) atoms.